The molecule has 92 valence electrons. The third-order valence-electron chi connectivity index (χ3n) is 1.77. The second kappa shape index (κ2) is 8.11. The molecular weight excluding hydrogens is 198 g/mol. The lowest BCUT2D eigenvalue weighted by Gasteiger charge is -2.10. The number of anilines is 1. The molecule has 1 aromatic rings. The molecule has 3 heteroatoms. The van der Waals surface area contributed by atoms with Gasteiger partial charge >= 0.3 is 0 Å². The summed E-state index contributed by atoms with van der Waals surface area (Å²) < 4.78 is 0. The maximum atomic E-state index is 4.10. The Kier molecular flexibility index (Phi) is 7.56. The van der Waals surface area contributed by atoms with Crippen molar-refractivity contribution < 1.29 is 0 Å². The Balaban J connectivity index is 0.000000293. The summed E-state index contributed by atoms with van der Waals surface area (Å²) in [5.74, 6) is 0.998. The Hall–Kier alpha value is -1.09. The molecule has 0 radical (unpaired) electrons. The minimum atomic E-state index is 0.625. The van der Waals surface area contributed by atoms with Crippen molar-refractivity contribution in [1.82, 2.24) is 10.3 Å². The molecule has 1 aromatic heterocycles. The van der Waals surface area contributed by atoms with E-state index in [0.717, 1.165) is 5.82 Å². The van der Waals surface area contributed by atoms with Crippen molar-refractivity contribution in [1.29, 1.82) is 0 Å². The Morgan fingerprint density at radius 3 is 1.81 bits per heavy atom. The van der Waals surface area contributed by atoms with E-state index >= 15 is 0 Å². The normalized spacial score (nSPS) is 10.0. The Morgan fingerprint density at radius 2 is 1.62 bits per heavy atom. The minimum absolute atomic E-state index is 0.625. The lowest BCUT2D eigenvalue weighted by Crippen LogP contribution is -2.29. The molecule has 0 aliphatic heterocycles. The number of nitrogens with one attached hydrogen (secondary N) is 1. The van der Waals surface area contributed by atoms with Gasteiger partial charge in [-0.3, -0.25) is 0 Å². The van der Waals surface area contributed by atoms with Gasteiger partial charge in [-0.15, -0.1) is 0 Å². The summed E-state index contributed by atoms with van der Waals surface area (Å²) in [6.45, 7) is 8.61. The second-order valence-electron chi connectivity index (χ2n) is 4.56. The summed E-state index contributed by atoms with van der Waals surface area (Å²) in [7, 11) is 3.95. The van der Waals surface area contributed by atoms with Crippen LogP contribution in [0.2, 0.25) is 0 Å². The van der Waals surface area contributed by atoms with Crippen LogP contribution in [0.15, 0.2) is 24.4 Å². The van der Waals surface area contributed by atoms with Gasteiger partial charge in [-0.1, -0.05) is 33.8 Å². The number of pyridine rings is 1. The lowest BCUT2D eigenvalue weighted by molar-refractivity contribution is 0.518. The van der Waals surface area contributed by atoms with Crippen LogP contribution in [0.3, 0.4) is 0 Å². The van der Waals surface area contributed by atoms with Crippen LogP contribution in [-0.4, -0.2) is 31.2 Å². The van der Waals surface area contributed by atoms with E-state index in [-0.39, 0.29) is 0 Å². The van der Waals surface area contributed by atoms with Gasteiger partial charge in [-0.2, -0.15) is 0 Å². The van der Waals surface area contributed by atoms with Gasteiger partial charge in [-0.05, 0) is 12.1 Å². The van der Waals surface area contributed by atoms with Crippen LogP contribution >= 0.6 is 0 Å². The molecule has 0 fully saturated rings. The molecule has 0 aliphatic rings. The highest BCUT2D eigenvalue weighted by atomic mass is 15.1. The molecule has 16 heavy (non-hydrogen) atoms. The van der Waals surface area contributed by atoms with Crippen LogP contribution in [0, 0.1) is 0 Å². The lowest BCUT2D eigenvalue weighted by atomic mass is 10.3. The van der Waals surface area contributed by atoms with E-state index in [1.54, 1.807) is 6.20 Å². The highest BCUT2D eigenvalue weighted by Crippen LogP contribution is 2.02. The maximum absolute atomic E-state index is 4.10. The fourth-order valence-corrected chi connectivity index (χ4v) is 1.28. The zero-order valence-electron chi connectivity index (χ0n) is 11.4. The first-order valence-corrected chi connectivity index (χ1v) is 5.78. The molecule has 0 saturated carbocycles. The van der Waals surface area contributed by atoms with Gasteiger partial charge < -0.3 is 10.2 Å². The molecule has 1 N–H and O–H groups in total. The molecule has 0 atom stereocenters. The van der Waals surface area contributed by atoms with Crippen molar-refractivity contribution in [3.8, 4) is 0 Å². The number of nitrogens with zero attached hydrogens (tertiary/aromatic N) is 2. The fourth-order valence-electron chi connectivity index (χ4n) is 1.28. The van der Waals surface area contributed by atoms with E-state index in [2.05, 4.69) is 38.0 Å². The molecule has 1 rings (SSSR count). The van der Waals surface area contributed by atoms with Gasteiger partial charge in [0.05, 0.1) is 0 Å². The summed E-state index contributed by atoms with van der Waals surface area (Å²) >= 11 is 0. The fraction of sp³-hybridized carbons (Fsp3) is 0.615. The molecular formula is C13H25N3. The standard InChI is InChI=1S/C7H10N2.C6H15N/c1-9(2)7-5-3-4-6-8-7;1-5(2)7-6(3)4/h3-6H,1-2H3;5-7H,1-4H3. The third-order valence-corrected chi connectivity index (χ3v) is 1.77. The van der Waals surface area contributed by atoms with Gasteiger partial charge in [-0.25, -0.2) is 4.98 Å². The van der Waals surface area contributed by atoms with Crippen LogP contribution in [-0.2, 0) is 0 Å². The molecule has 0 aromatic carbocycles. The summed E-state index contributed by atoms with van der Waals surface area (Å²) in [6.07, 6.45) is 1.79. The Labute approximate surface area is 99.9 Å². The summed E-state index contributed by atoms with van der Waals surface area (Å²) in [5, 5.41) is 3.31. The van der Waals surface area contributed by atoms with Crippen LogP contribution in [0.5, 0.6) is 0 Å². The summed E-state index contributed by atoms with van der Waals surface area (Å²) in [4.78, 5) is 6.08. The SMILES string of the molecule is CC(C)NC(C)C.CN(C)c1ccccn1. The van der Waals surface area contributed by atoms with Crippen LogP contribution in [0.25, 0.3) is 0 Å². The highest BCUT2D eigenvalue weighted by Gasteiger charge is 1.92. The van der Waals surface area contributed by atoms with E-state index in [9.17, 15) is 0 Å². The van der Waals surface area contributed by atoms with Gasteiger partial charge in [0, 0.05) is 32.4 Å². The number of rotatable bonds is 3. The maximum Gasteiger partial charge on any atom is 0.127 e. The minimum Gasteiger partial charge on any atom is -0.363 e. The van der Waals surface area contributed by atoms with Crippen molar-refractivity contribution in [2.45, 2.75) is 39.8 Å². The quantitative estimate of drug-likeness (QED) is 0.853. The van der Waals surface area contributed by atoms with Gasteiger partial charge in [0.15, 0.2) is 0 Å². The first-order chi connectivity index (χ1) is 7.43. The Morgan fingerprint density at radius 1 is 1.06 bits per heavy atom. The first kappa shape index (κ1) is 14.9. The average molecular weight is 223 g/mol. The number of hydrogen-bond donors (Lipinski definition) is 1. The number of aromatic nitrogens is 1. The third kappa shape index (κ3) is 8.24. The second-order valence-corrected chi connectivity index (χ2v) is 4.56. The average Bonchev–Trinajstić information content (AvgIpc) is 2.17. The van der Waals surface area contributed by atoms with Crippen molar-refractivity contribution >= 4 is 5.82 Å². The summed E-state index contributed by atoms with van der Waals surface area (Å²) in [6, 6.07) is 7.11. The molecule has 3 nitrogen and oxygen atoms in total. The first-order valence-electron chi connectivity index (χ1n) is 5.78. The van der Waals surface area contributed by atoms with Crippen molar-refractivity contribution in [3.05, 3.63) is 24.4 Å². The van der Waals surface area contributed by atoms with E-state index in [1.165, 1.54) is 0 Å². The van der Waals surface area contributed by atoms with E-state index in [4.69, 9.17) is 0 Å². The highest BCUT2D eigenvalue weighted by molar-refractivity contribution is 5.34. The molecule has 0 aliphatic carbocycles. The largest absolute Gasteiger partial charge is 0.363 e. The molecule has 0 bridgehead atoms. The Bertz CT molecular complexity index is 249. The zero-order valence-corrected chi connectivity index (χ0v) is 11.4. The van der Waals surface area contributed by atoms with Gasteiger partial charge in [0.2, 0.25) is 0 Å². The van der Waals surface area contributed by atoms with Crippen LogP contribution in [0.1, 0.15) is 27.7 Å². The summed E-state index contributed by atoms with van der Waals surface area (Å²) in [5.41, 5.74) is 0. The number of hydrogen-bond acceptors (Lipinski definition) is 3. The van der Waals surface area contributed by atoms with Crippen molar-refractivity contribution in [3.63, 3.8) is 0 Å². The predicted molar refractivity (Wildman–Crippen MR) is 72.0 cm³/mol. The predicted octanol–water partition coefficient (Wildman–Crippen LogP) is 2.54. The molecule has 0 unspecified atom stereocenters. The van der Waals surface area contributed by atoms with E-state index in [0.29, 0.717) is 12.1 Å². The van der Waals surface area contributed by atoms with Gasteiger partial charge in [0.25, 0.3) is 0 Å². The molecule has 0 saturated heterocycles. The van der Waals surface area contributed by atoms with Crippen molar-refractivity contribution in [2.24, 2.45) is 0 Å². The molecule has 0 spiro atoms. The zero-order chi connectivity index (χ0) is 12.6. The monoisotopic (exact) mass is 223 g/mol. The van der Waals surface area contributed by atoms with Crippen LogP contribution in [0.4, 0.5) is 5.82 Å². The van der Waals surface area contributed by atoms with Gasteiger partial charge in [0.1, 0.15) is 5.82 Å². The topological polar surface area (TPSA) is 28.2 Å². The smallest absolute Gasteiger partial charge is 0.127 e. The molecule has 1 heterocycles. The van der Waals surface area contributed by atoms with Crippen LogP contribution < -0.4 is 10.2 Å². The van der Waals surface area contributed by atoms with E-state index < -0.39 is 0 Å². The van der Waals surface area contributed by atoms with Crippen molar-refractivity contribution in [2.75, 3.05) is 19.0 Å². The van der Waals surface area contributed by atoms with E-state index in [1.807, 2.05) is 37.2 Å². The molecule has 0 amide bonds.